The number of hydrogen-bond donors (Lipinski definition) is 1. The van der Waals surface area contributed by atoms with Crippen LogP contribution in [0.3, 0.4) is 0 Å². The lowest BCUT2D eigenvalue weighted by atomic mass is 10.2. The topological polar surface area (TPSA) is 47.6 Å². The summed E-state index contributed by atoms with van der Waals surface area (Å²) in [5, 5.41) is 2.85. The van der Waals surface area contributed by atoms with Crippen LogP contribution in [0.4, 0.5) is 14.5 Å². The highest BCUT2D eigenvalue weighted by Gasteiger charge is 2.37. The van der Waals surface area contributed by atoms with E-state index in [2.05, 4.69) is 5.32 Å². The Balaban J connectivity index is 2.48. The first-order valence-corrected chi connectivity index (χ1v) is 9.26. The SMILES string of the molecule is CCOP(=O)(OCC)C(Nc1ccccc1F)c1cccc(F)c1. The highest BCUT2D eigenvalue weighted by molar-refractivity contribution is 7.54. The second kappa shape index (κ2) is 8.38. The average molecular weight is 355 g/mol. The van der Waals surface area contributed by atoms with Crippen LogP contribution in [-0.2, 0) is 13.6 Å². The number of nitrogens with one attached hydrogen (secondary N) is 1. The third-order valence-electron chi connectivity index (χ3n) is 3.26. The van der Waals surface area contributed by atoms with E-state index >= 15 is 0 Å². The molecule has 0 amide bonds. The van der Waals surface area contributed by atoms with E-state index in [1.807, 2.05) is 0 Å². The maximum absolute atomic E-state index is 14.0. The van der Waals surface area contributed by atoms with Crippen molar-refractivity contribution < 1.29 is 22.4 Å². The second-order valence-electron chi connectivity index (χ2n) is 4.96. The van der Waals surface area contributed by atoms with Crippen molar-refractivity contribution in [3.05, 3.63) is 65.7 Å². The van der Waals surface area contributed by atoms with Crippen LogP contribution in [0.25, 0.3) is 0 Å². The van der Waals surface area contributed by atoms with Crippen LogP contribution < -0.4 is 5.32 Å². The first kappa shape index (κ1) is 18.6. The van der Waals surface area contributed by atoms with Crippen LogP contribution in [0.5, 0.6) is 0 Å². The summed E-state index contributed by atoms with van der Waals surface area (Å²) in [4.78, 5) is 0. The molecule has 0 radical (unpaired) electrons. The number of anilines is 1. The molecule has 24 heavy (non-hydrogen) atoms. The number of benzene rings is 2. The van der Waals surface area contributed by atoms with E-state index < -0.39 is 25.0 Å². The number of hydrogen-bond acceptors (Lipinski definition) is 4. The molecule has 1 N–H and O–H groups in total. The third kappa shape index (κ3) is 4.41. The van der Waals surface area contributed by atoms with Gasteiger partial charge in [0.25, 0.3) is 0 Å². The highest BCUT2D eigenvalue weighted by Crippen LogP contribution is 2.60. The predicted molar refractivity (Wildman–Crippen MR) is 90.0 cm³/mol. The van der Waals surface area contributed by atoms with Gasteiger partial charge in [-0.2, -0.15) is 0 Å². The van der Waals surface area contributed by atoms with Gasteiger partial charge in [0.05, 0.1) is 18.9 Å². The van der Waals surface area contributed by atoms with Gasteiger partial charge in [-0.1, -0.05) is 24.3 Å². The van der Waals surface area contributed by atoms with Crippen molar-refractivity contribution in [3.63, 3.8) is 0 Å². The monoisotopic (exact) mass is 355 g/mol. The van der Waals surface area contributed by atoms with Gasteiger partial charge in [0.2, 0.25) is 0 Å². The van der Waals surface area contributed by atoms with Crippen LogP contribution in [0.1, 0.15) is 25.2 Å². The maximum Gasteiger partial charge on any atom is 0.357 e. The molecular formula is C17H20F2NO3P. The van der Waals surface area contributed by atoms with Gasteiger partial charge in [0.15, 0.2) is 5.78 Å². The van der Waals surface area contributed by atoms with Crippen molar-refractivity contribution in [2.45, 2.75) is 19.6 Å². The molecule has 1 unspecified atom stereocenters. The zero-order valence-electron chi connectivity index (χ0n) is 13.5. The molecule has 0 aliphatic heterocycles. The Morgan fingerprint density at radius 2 is 1.71 bits per heavy atom. The number of rotatable bonds is 8. The molecule has 0 saturated heterocycles. The Kier molecular flexibility index (Phi) is 6.49. The van der Waals surface area contributed by atoms with Gasteiger partial charge >= 0.3 is 7.60 Å². The molecule has 0 aromatic heterocycles. The summed E-state index contributed by atoms with van der Waals surface area (Å²) in [6.45, 7) is 3.64. The molecule has 0 heterocycles. The lowest BCUT2D eigenvalue weighted by Gasteiger charge is -2.28. The van der Waals surface area contributed by atoms with Crippen molar-refractivity contribution in [3.8, 4) is 0 Å². The van der Waals surface area contributed by atoms with Crippen molar-refractivity contribution in [1.82, 2.24) is 0 Å². The van der Waals surface area contributed by atoms with E-state index in [-0.39, 0.29) is 18.9 Å². The molecule has 2 aromatic carbocycles. The highest BCUT2D eigenvalue weighted by atomic mass is 31.2. The molecule has 0 bridgehead atoms. The van der Waals surface area contributed by atoms with Crippen molar-refractivity contribution >= 4 is 13.3 Å². The van der Waals surface area contributed by atoms with Crippen LogP contribution in [0.2, 0.25) is 0 Å². The van der Waals surface area contributed by atoms with E-state index in [1.165, 1.54) is 30.3 Å². The fourth-order valence-electron chi connectivity index (χ4n) is 2.29. The predicted octanol–water partition coefficient (Wildman–Crippen LogP) is 5.34. The van der Waals surface area contributed by atoms with Crippen LogP contribution in [0, 0.1) is 11.6 Å². The van der Waals surface area contributed by atoms with E-state index in [9.17, 15) is 13.3 Å². The zero-order chi connectivity index (χ0) is 17.6. The smallest absolute Gasteiger partial charge is 0.357 e. The summed E-state index contributed by atoms with van der Waals surface area (Å²) in [5.41, 5.74) is 0.481. The molecule has 2 rings (SSSR count). The molecule has 1 atom stereocenters. The molecule has 2 aromatic rings. The Bertz CT molecular complexity index is 716. The van der Waals surface area contributed by atoms with Gasteiger partial charge in [0, 0.05) is 0 Å². The molecule has 7 heteroatoms. The molecule has 4 nitrogen and oxygen atoms in total. The Morgan fingerprint density at radius 3 is 2.29 bits per heavy atom. The van der Waals surface area contributed by atoms with E-state index in [4.69, 9.17) is 9.05 Å². The van der Waals surface area contributed by atoms with Crippen molar-refractivity contribution in [2.24, 2.45) is 0 Å². The fraction of sp³-hybridized carbons (Fsp3) is 0.294. The Hall–Kier alpha value is -1.75. The van der Waals surface area contributed by atoms with E-state index in [0.717, 1.165) is 0 Å². The van der Waals surface area contributed by atoms with E-state index in [0.29, 0.717) is 5.56 Å². The minimum Gasteiger partial charge on any atom is -0.366 e. The van der Waals surface area contributed by atoms with Crippen LogP contribution >= 0.6 is 7.60 Å². The summed E-state index contributed by atoms with van der Waals surface area (Å²) in [5.74, 6) is -2.05. The third-order valence-corrected chi connectivity index (χ3v) is 5.56. The van der Waals surface area contributed by atoms with Gasteiger partial charge in [-0.05, 0) is 43.7 Å². The summed E-state index contributed by atoms with van der Waals surface area (Å²) in [7, 11) is -3.70. The molecule has 130 valence electrons. The summed E-state index contributed by atoms with van der Waals surface area (Å²) >= 11 is 0. The number of halogens is 2. The quantitative estimate of drug-likeness (QED) is 0.649. The summed E-state index contributed by atoms with van der Waals surface area (Å²) in [6.07, 6.45) is 0. The maximum atomic E-state index is 14.0. The molecule has 0 spiro atoms. The number of para-hydroxylation sites is 1. The standard InChI is InChI=1S/C17H20F2NO3P/c1-3-22-24(21,23-4-2)17(13-8-7-9-14(18)12-13)20-16-11-6-5-10-15(16)19/h5-12,17,20H,3-4H2,1-2H3. The van der Waals surface area contributed by atoms with Gasteiger partial charge in [-0.25, -0.2) is 8.78 Å². The molecule has 0 saturated carbocycles. The van der Waals surface area contributed by atoms with Crippen LogP contribution in [-0.4, -0.2) is 13.2 Å². The summed E-state index contributed by atoms with van der Waals surface area (Å²) < 4.78 is 51.5. The molecular weight excluding hydrogens is 335 g/mol. The van der Waals surface area contributed by atoms with Gasteiger partial charge in [-0.3, -0.25) is 4.57 Å². The Morgan fingerprint density at radius 1 is 1.04 bits per heavy atom. The van der Waals surface area contributed by atoms with Crippen molar-refractivity contribution in [1.29, 1.82) is 0 Å². The lowest BCUT2D eigenvalue weighted by Crippen LogP contribution is -2.16. The first-order chi connectivity index (χ1) is 11.5. The van der Waals surface area contributed by atoms with Crippen molar-refractivity contribution in [2.75, 3.05) is 18.5 Å². The normalized spacial score (nSPS) is 12.8. The fourth-order valence-corrected chi connectivity index (χ4v) is 4.21. The lowest BCUT2D eigenvalue weighted by molar-refractivity contribution is 0.214. The van der Waals surface area contributed by atoms with E-state index in [1.54, 1.807) is 32.0 Å². The van der Waals surface area contributed by atoms with Crippen LogP contribution in [0.15, 0.2) is 48.5 Å². The summed E-state index contributed by atoms with van der Waals surface area (Å²) in [6, 6.07) is 11.5. The largest absolute Gasteiger partial charge is 0.366 e. The average Bonchev–Trinajstić information content (AvgIpc) is 2.54. The Labute approximate surface area is 140 Å². The van der Waals surface area contributed by atoms with Gasteiger partial charge < -0.3 is 14.4 Å². The second-order valence-corrected chi connectivity index (χ2v) is 7.07. The molecule has 0 fully saturated rings. The zero-order valence-corrected chi connectivity index (χ0v) is 14.4. The van der Waals surface area contributed by atoms with Gasteiger partial charge in [0.1, 0.15) is 11.6 Å². The van der Waals surface area contributed by atoms with Gasteiger partial charge in [-0.15, -0.1) is 0 Å². The molecule has 0 aliphatic carbocycles. The minimum atomic E-state index is -3.70. The first-order valence-electron chi connectivity index (χ1n) is 7.65. The minimum absolute atomic E-state index is 0.131. The molecule has 0 aliphatic rings.